The van der Waals surface area contributed by atoms with Crippen LogP contribution in [0.3, 0.4) is 0 Å². The van der Waals surface area contributed by atoms with E-state index in [0.29, 0.717) is 12.0 Å². The molecule has 0 unspecified atom stereocenters. The maximum atomic E-state index is 12.6. The standard InChI is InChI=1S/C22H24N2O7/c1-30-20(26)14-18(16-9-11-17(12-10-16)24(28)29)21(22(27)31-2)23-19(25)13-8-15-6-4-3-5-7-15/h3-7,9-12,18,21H,8,13-14H2,1-2H3,(H,23,25)/t18-,21-/m1/s1. The lowest BCUT2D eigenvalue weighted by Gasteiger charge is -2.26. The number of non-ortho nitro benzene ring substituents is 1. The lowest BCUT2D eigenvalue weighted by Crippen LogP contribution is -2.46. The summed E-state index contributed by atoms with van der Waals surface area (Å²) in [5.74, 6) is -2.56. The Labute approximate surface area is 179 Å². The zero-order valence-electron chi connectivity index (χ0n) is 17.3. The van der Waals surface area contributed by atoms with Crippen molar-refractivity contribution in [1.82, 2.24) is 5.32 Å². The summed E-state index contributed by atoms with van der Waals surface area (Å²) in [5.41, 5.74) is 1.28. The van der Waals surface area contributed by atoms with Crippen LogP contribution in [-0.2, 0) is 30.3 Å². The number of benzene rings is 2. The van der Waals surface area contributed by atoms with Gasteiger partial charge in [-0.2, -0.15) is 0 Å². The fraction of sp³-hybridized carbons (Fsp3) is 0.318. The number of aryl methyl sites for hydroxylation is 1. The largest absolute Gasteiger partial charge is 0.469 e. The zero-order valence-corrected chi connectivity index (χ0v) is 17.3. The van der Waals surface area contributed by atoms with Crippen LogP contribution in [0.5, 0.6) is 0 Å². The van der Waals surface area contributed by atoms with E-state index in [-0.39, 0.29) is 18.5 Å². The van der Waals surface area contributed by atoms with Crippen LogP contribution in [-0.4, -0.2) is 43.0 Å². The number of nitrogens with zero attached hydrogens (tertiary/aromatic N) is 1. The van der Waals surface area contributed by atoms with Crippen molar-refractivity contribution < 1.29 is 28.8 Å². The van der Waals surface area contributed by atoms with Crippen molar-refractivity contribution in [2.75, 3.05) is 14.2 Å². The van der Waals surface area contributed by atoms with Gasteiger partial charge in [-0.3, -0.25) is 19.7 Å². The highest BCUT2D eigenvalue weighted by molar-refractivity contribution is 5.86. The minimum Gasteiger partial charge on any atom is -0.469 e. The molecule has 0 spiro atoms. The second-order valence-corrected chi connectivity index (χ2v) is 6.79. The molecule has 2 aromatic rings. The van der Waals surface area contributed by atoms with Gasteiger partial charge in [0.2, 0.25) is 5.91 Å². The summed E-state index contributed by atoms with van der Waals surface area (Å²) in [5, 5.41) is 13.6. The number of amides is 1. The van der Waals surface area contributed by atoms with Crippen molar-refractivity contribution in [2.24, 2.45) is 0 Å². The molecule has 9 nitrogen and oxygen atoms in total. The summed E-state index contributed by atoms with van der Waals surface area (Å²) < 4.78 is 9.57. The summed E-state index contributed by atoms with van der Waals surface area (Å²) in [6.07, 6.45) is 0.371. The first-order valence-electron chi connectivity index (χ1n) is 9.58. The quantitative estimate of drug-likeness (QED) is 0.350. The molecule has 0 saturated heterocycles. The first-order valence-corrected chi connectivity index (χ1v) is 9.58. The molecule has 2 rings (SSSR count). The van der Waals surface area contributed by atoms with Crippen LogP contribution in [0.2, 0.25) is 0 Å². The molecular weight excluding hydrogens is 404 g/mol. The summed E-state index contributed by atoms with van der Waals surface area (Å²) in [6.45, 7) is 0. The van der Waals surface area contributed by atoms with Gasteiger partial charge in [-0.15, -0.1) is 0 Å². The smallest absolute Gasteiger partial charge is 0.329 e. The first kappa shape index (κ1) is 23.5. The molecule has 9 heteroatoms. The fourth-order valence-corrected chi connectivity index (χ4v) is 3.13. The van der Waals surface area contributed by atoms with Gasteiger partial charge in [0.1, 0.15) is 6.04 Å². The number of ether oxygens (including phenoxy) is 2. The van der Waals surface area contributed by atoms with Gasteiger partial charge in [0, 0.05) is 24.5 Å². The van der Waals surface area contributed by atoms with Crippen molar-refractivity contribution >= 4 is 23.5 Å². The van der Waals surface area contributed by atoms with Gasteiger partial charge in [-0.25, -0.2) is 4.79 Å². The lowest BCUT2D eigenvalue weighted by molar-refractivity contribution is -0.384. The Bertz CT molecular complexity index is 913. The van der Waals surface area contributed by atoms with Gasteiger partial charge in [-0.05, 0) is 17.5 Å². The maximum absolute atomic E-state index is 12.6. The second kappa shape index (κ2) is 11.4. The third-order valence-corrected chi connectivity index (χ3v) is 4.80. The van der Waals surface area contributed by atoms with Crippen LogP contribution in [0.15, 0.2) is 54.6 Å². The van der Waals surface area contributed by atoms with E-state index in [1.165, 1.54) is 38.5 Å². The van der Waals surface area contributed by atoms with Crippen molar-refractivity contribution in [3.63, 3.8) is 0 Å². The molecule has 2 aromatic carbocycles. The Balaban J connectivity index is 2.25. The SMILES string of the molecule is COC(=O)C[C@H](c1ccc([N+](=O)[O-])cc1)[C@@H](NC(=O)CCc1ccccc1)C(=O)OC. The van der Waals surface area contributed by atoms with E-state index in [1.54, 1.807) is 0 Å². The molecule has 0 fully saturated rings. The molecule has 0 aliphatic carbocycles. The molecule has 0 bridgehead atoms. The van der Waals surface area contributed by atoms with Gasteiger partial charge in [-0.1, -0.05) is 42.5 Å². The minimum absolute atomic E-state index is 0.128. The van der Waals surface area contributed by atoms with Gasteiger partial charge >= 0.3 is 11.9 Å². The molecule has 1 N–H and O–H groups in total. The number of carbonyl (C=O) groups is 3. The Morgan fingerprint density at radius 1 is 1.00 bits per heavy atom. The first-order chi connectivity index (χ1) is 14.8. The highest BCUT2D eigenvalue weighted by atomic mass is 16.6. The number of rotatable bonds is 10. The van der Waals surface area contributed by atoms with Crippen molar-refractivity contribution in [1.29, 1.82) is 0 Å². The highest BCUT2D eigenvalue weighted by Gasteiger charge is 2.34. The maximum Gasteiger partial charge on any atom is 0.329 e. The van der Waals surface area contributed by atoms with Crippen LogP contribution < -0.4 is 5.32 Å². The van der Waals surface area contributed by atoms with Gasteiger partial charge < -0.3 is 14.8 Å². The zero-order chi connectivity index (χ0) is 22.8. The molecule has 31 heavy (non-hydrogen) atoms. The highest BCUT2D eigenvalue weighted by Crippen LogP contribution is 2.27. The van der Waals surface area contributed by atoms with E-state index in [0.717, 1.165) is 5.56 Å². The average molecular weight is 428 g/mol. The molecule has 0 aliphatic heterocycles. The van der Waals surface area contributed by atoms with E-state index in [9.17, 15) is 24.5 Å². The Morgan fingerprint density at radius 3 is 2.19 bits per heavy atom. The van der Waals surface area contributed by atoms with Crippen LogP contribution in [0.25, 0.3) is 0 Å². The van der Waals surface area contributed by atoms with Crippen molar-refractivity contribution in [2.45, 2.75) is 31.2 Å². The van der Waals surface area contributed by atoms with E-state index < -0.39 is 34.7 Å². The summed E-state index contributed by atoms with van der Waals surface area (Å²) >= 11 is 0. The predicted octanol–water partition coefficient (Wildman–Crippen LogP) is 2.53. The number of nitro benzene ring substituents is 1. The molecule has 1 amide bonds. The van der Waals surface area contributed by atoms with Gasteiger partial charge in [0.05, 0.1) is 25.6 Å². The Kier molecular flexibility index (Phi) is 8.68. The van der Waals surface area contributed by atoms with E-state index in [2.05, 4.69) is 5.32 Å². The molecule has 0 saturated carbocycles. The normalized spacial score (nSPS) is 12.3. The van der Waals surface area contributed by atoms with E-state index in [4.69, 9.17) is 9.47 Å². The van der Waals surface area contributed by atoms with E-state index >= 15 is 0 Å². The third kappa shape index (κ3) is 6.91. The van der Waals surface area contributed by atoms with Crippen LogP contribution in [0.1, 0.15) is 29.9 Å². The number of methoxy groups -OCH3 is 2. The number of esters is 2. The fourth-order valence-electron chi connectivity index (χ4n) is 3.13. The predicted molar refractivity (Wildman–Crippen MR) is 111 cm³/mol. The lowest BCUT2D eigenvalue weighted by atomic mass is 9.88. The number of hydrogen-bond donors (Lipinski definition) is 1. The van der Waals surface area contributed by atoms with Crippen LogP contribution in [0, 0.1) is 10.1 Å². The van der Waals surface area contributed by atoms with Crippen LogP contribution >= 0.6 is 0 Å². The second-order valence-electron chi connectivity index (χ2n) is 6.79. The van der Waals surface area contributed by atoms with Crippen molar-refractivity contribution in [3.8, 4) is 0 Å². The van der Waals surface area contributed by atoms with Crippen molar-refractivity contribution in [3.05, 3.63) is 75.8 Å². The number of carbonyl (C=O) groups excluding carboxylic acids is 3. The Morgan fingerprint density at radius 2 is 1.65 bits per heavy atom. The monoisotopic (exact) mass is 428 g/mol. The molecule has 0 radical (unpaired) electrons. The molecule has 0 heterocycles. The average Bonchev–Trinajstić information content (AvgIpc) is 2.80. The number of nitro groups is 1. The number of hydrogen-bond acceptors (Lipinski definition) is 7. The molecule has 0 aliphatic rings. The Hall–Kier alpha value is -3.75. The topological polar surface area (TPSA) is 125 Å². The van der Waals surface area contributed by atoms with Gasteiger partial charge in [0.25, 0.3) is 5.69 Å². The summed E-state index contributed by atoms with van der Waals surface area (Å²) in [7, 11) is 2.39. The summed E-state index contributed by atoms with van der Waals surface area (Å²) in [6, 6.07) is 13.6. The molecule has 164 valence electrons. The minimum atomic E-state index is -1.17. The number of nitrogens with one attached hydrogen (secondary N) is 1. The summed E-state index contributed by atoms with van der Waals surface area (Å²) in [4.78, 5) is 47.4. The van der Waals surface area contributed by atoms with Gasteiger partial charge in [0.15, 0.2) is 0 Å². The molecular formula is C22H24N2O7. The van der Waals surface area contributed by atoms with E-state index in [1.807, 2.05) is 30.3 Å². The molecule has 2 atom stereocenters. The van der Waals surface area contributed by atoms with Crippen LogP contribution in [0.4, 0.5) is 5.69 Å². The third-order valence-electron chi connectivity index (χ3n) is 4.80. The molecule has 0 aromatic heterocycles.